The minimum atomic E-state index is -0.743. The third-order valence-corrected chi connectivity index (χ3v) is 4.42. The lowest BCUT2D eigenvalue weighted by Gasteiger charge is -2.34. The Bertz CT molecular complexity index is 318. The number of carbonyl (C=O) groups is 2. The molecule has 4 heteroatoms. The molecule has 1 unspecified atom stereocenters. The lowest BCUT2D eigenvalue weighted by Crippen LogP contribution is -2.48. The number of rotatable bonds is 0. The van der Waals surface area contributed by atoms with Gasteiger partial charge >= 0.3 is 11.9 Å². The number of carbonyl (C=O) groups excluding carboxylic acids is 2. The van der Waals surface area contributed by atoms with Crippen molar-refractivity contribution in [2.24, 2.45) is 10.8 Å². The molecule has 4 nitrogen and oxygen atoms in total. The predicted octanol–water partition coefficient (Wildman–Crippen LogP) is 0.644. The Morgan fingerprint density at radius 3 is 1.93 bits per heavy atom. The van der Waals surface area contributed by atoms with Gasteiger partial charge in [0.2, 0.25) is 0 Å². The Kier molecular flexibility index (Phi) is 1.22. The topological polar surface area (TPSA) is 52.6 Å². The summed E-state index contributed by atoms with van der Waals surface area (Å²) in [4.78, 5) is 23.3. The van der Waals surface area contributed by atoms with Crippen LogP contribution in [0.25, 0.3) is 0 Å². The van der Waals surface area contributed by atoms with Crippen molar-refractivity contribution < 1.29 is 19.1 Å². The summed E-state index contributed by atoms with van der Waals surface area (Å²) >= 11 is 0. The molecular formula is C10H12O4. The molecule has 0 saturated carbocycles. The molecule has 2 bridgehead atoms. The quantitative estimate of drug-likeness (QED) is 0.421. The molecule has 3 aliphatic rings. The van der Waals surface area contributed by atoms with E-state index in [1.165, 1.54) is 0 Å². The van der Waals surface area contributed by atoms with Gasteiger partial charge in [-0.2, -0.15) is 0 Å². The fourth-order valence-corrected chi connectivity index (χ4v) is 3.14. The largest absolute Gasteiger partial charge is 0.392 e. The molecule has 0 radical (unpaired) electrons. The van der Waals surface area contributed by atoms with Gasteiger partial charge in [0.25, 0.3) is 0 Å². The van der Waals surface area contributed by atoms with Crippen LogP contribution in [0.15, 0.2) is 0 Å². The Labute approximate surface area is 81.6 Å². The van der Waals surface area contributed by atoms with Crippen LogP contribution in [0.1, 0.15) is 26.7 Å². The first-order valence-corrected chi connectivity index (χ1v) is 4.93. The Hall–Kier alpha value is -0.900. The van der Waals surface area contributed by atoms with Crippen LogP contribution in [-0.4, -0.2) is 24.1 Å². The molecule has 76 valence electrons. The van der Waals surface area contributed by atoms with E-state index in [0.29, 0.717) is 0 Å². The molecule has 3 saturated heterocycles. The van der Waals surface area contributed by atoms with Crippen LogP contribution in [0.4, 0.5) is 0 Å². The highest BCUT2D eigenvalue weighted by Crippen LogP contribution is 2.63. The zero-order valence-corrected chi connectivity index (χ0v) is 8.20. The van der Waals surface area contributed by atoms with Crippen LogP contribution in [0.3, 0.4) is 0 Å². The van der Waals surface area contributed by atoms with Crippen molar-refractivity contribution in [2.75, 3.05) is 0 Å². The van der Waals surface area contributed by atoms with Gasteiger partial charge in [0, 0.05) is 0 Å². The summed E-state index contributed by atoms with van der Waals surface area (Å²) in [7, 11) is 0. The first-order chi connectivity index (χ1) is 6.51. The zero-order valence-electron chi connectivity index (χ0n) is 8.20. The third kappa shape index (κ3) is 0.557. The van der Waals surface area contributed by atoms with E-state index >= 15 is 0 Å². The van der Waals surface area contributed by atoms with Crippen molar-refractivity contribution in [2.45, 2.75) is 38.9 Å². The minimum Gasteiger partial charge on any atom is -0.392 e. The van der Waals surface area contributed by atoms with Crippen LogP contribution < -0.4 is 0 Å². The number of hydrogen-bond acceptors (Lipinski definition) is 4. The van der Waals surface area contributed by atoms with Gasteiger partial charge in [-0.3, -0.25) is 9.59 Å². The van der Waals surface area contributed by atoms with Gasteiger partial charge in [-0.15, -0.1) is 0 Å². The van der Waals surface area contributed by atoms with Gasteiger partial charge < -0.3 is 9.47 Å². The van der Waals surface area contributed by atoms with Gasteiger partial charge in [0.05, 0.1) is 12.2 Å². The van der Waals surface area contributed by atoms with Crippen molar-refractivity contribution in [1.29, 1.82) is 0 Å². The average Bonchev–Trinajstić information content (AvgIpc) is 2.73. The van der Waals surface area contributed by atoms with E-state index in [1.54, 1.807) is 13.8 Å². The fraction of sp³-hybridized carbons (Fsp3) is 0.800. The van der Waals surface area contributed by atoms with Crippen LogP contribution in [0.5, 0.6) is 0 Å². The summed E-state index contributed by atoms with van der Waals surface area (Å²) in [5.41, 5.74) is -1.49. The van der Waals surface area contributed by atoms with Crippen molar-refractivity contribution in [3.63, 3.8) is 0 Å². The molecule has 3 heterocycles. The second-order valence-corrected chi connectivity index (χ2v) is 4.77. The van der Waals surface area contributed by atoms with Gasteiger partial charge in [-0.05, 0) is 26.7 Å². The first-order valence-electron chi connectivity index (χ1n) is 4.93. The summed E-state index contributed by atoms with van der Waals surface area (Å²) in [5.74, 6) is -0.811. The lowest BCUT2D eigenvalue weighted by molar-refractivity contribution is -0.159. The van der Waals surface area contributed by atoms with Gasteiger partial charge in [0.15, 0.2) is 0 Å². The van der Waals surface area contributed by atoms with E-state index in [1.807, 2.05) is 0 Å². The van der Waals surface area contributed by atoms with Crippen LogP contribution in [-0.2, 0) is 19.1 Å². The van der Waals surface area contributed by atoms with Crippen LogP contribution in [0.2, 0.25) is 0 Å². The first kappa shape index (κ1) is 8.41. The molecule has 0 spiro atoms. The molecule has 0 aromatic carbocycles. The number of fused-ring (bicyclic) bond motifs is 5. The maximum absolute atomic E-state index is 11.7. The average molecular weight is 196 g/mol. The van der Waals surface area contributed by atoms with Crippen molar-refractivity contribution in [1.82, 2.24) is 0 Å². The SMILES string of the molecule is C[C@@]12C(=O)OC(=O)[C@]1(C)[C@H]1CCC2O1. The minimum absolute atomic E-state index is 0.128. The fourth-order valence-electron chi connectivity index (χ4n) is 3.14. The molecule has 3 aliphatic heterocycles. The van der Waals surface area contributed by atoms with E-state index in [9.17, 15) is 9.59 Å². The van der Waals surface area contributed by atoms with Crippen molar-refractivity contribution in [3.05, 3.63) is 0 Å². The Balaban J connectivity index is 2.21. The van der Waals surface area contributed by atoms with Crippen LogP contribution >= 0.6 is 0 Å². The van der Waals surface area contributed by atoms with Crippen molar-refractivity contribution in [3.8, 4) is 0 Å². The second-order valence-electron chi connectivity index (χ2n) is 4.77. The molecule has 0 N–H and O–H groups in total. The Morgan fingerprint density at radius 2 is 1.50 bits per heavy atom. The monoisotopic (exact) mass is 196 g/mol. The molecule has 14 heavy (non-hydrogen) atoms. The Morgan fingerprint density at radius 1 is 1.07 bits per heavy atom. The number of cyclic esters (lactones) is 2. The number of esters is 2. The highest BCUT2D eigenvalue weighted by Gasteiger charge is 2.76. The summed E-state index contributed by atoms with van der Waals surface area (Å²) < 4.78 is 10.4. The maximum Gasteiger partial charge on any atom is 0.323 e. The van der Waals surface area contributed by atoms with E-state index in [4.69, 9.17) is 9.47 Å². The molecule has 0 aromatic heterocycles. The maximum atomic E-state index is 11.7. The highest BCUT2D eigenvalue weighted by molar-refractivity contribution is 6.03. The summed E-state index contributed by atoms with van der Waals surface area (Å²) in [6.45, 7) is 3.59. The van der Waals surface area contributed by atoms with Crippen LogP contribution in [0, 0.1) is 10.8 Å². The van der Waals surface area contributed by atoms with E-state index in [2.05, 4.69) is 0 Å². The van der Waals surface area contributed by atoms with E-state index in [0.717, 1.165) is 12.8 Å². The molecule has 0 aliphatic carbocycles. The standard InChI is InChI=1S/C10H12O4/c1-9-5-3-4-6(13-5)10(9,2)8(12)14-7(9)11/h5-6H,3-4H2,1-2H3/t5-,6?,9+,10-/m1/s1. The van der Waals surface area contributed by atoms with Gasteiger partial charge in [-0.25, -0.2) is 0 Å². The lowest BCUT2D eigenvalue weighted by atomic mass is 9.59. The van der Waals surface area contributed by atoms with Gasteiger partial charge in [0.1, 0.15) is 10.8 Å². The van der Waals surface area contributed by atoms with Gasteiger partial charge in [-0.1, -0.05) is 0 Å². The molecule has 0 aromatic rings. The second kappa shape index (κ2) is 2.03. The van der Waals surface area contributed by atoms with E-state index < -0.39 is 22.8 Å². The molecule has 0 amide bonds. The number of hydrogen-bond donors (Lipinski definition) is 0. The molecule has 4 atom stereocenters. The summed E-state index contributed by atoms with van der Waals surface area (Å²) in [5, 5.41) is 0. The normalized spacial score (nSPS) is 55.0. The predicted molar refractivity (Wildman–Crippen MR) is 45.2 cm³/mol. The number of ether oxygens (including phenoxy) is 2. The molecular weight excluding hydrogens is 184 g/mol. The molecule has 3 fully saturated rings. The zero-order chi connectivity index (χ0) is 10.1. The smallest absolute Gasteiger partial charge is 0.323 e. The highest BCUT2D eigenvalue weighted by atomic mass is 16.6. The van der Waals surface area contributed by atoms with Crippen molar-refractivity contribution >= 4 is 11.9 Å². The molecule has 3 rings (SSSR count). The van der Waals surface area contributed by atoms with E-state index in [-0.39, 0.29) is 12.2 Å². The summed E-state index contributed by atoms with van der Waals surface area (Å²) in [6.07, 6.45) is 1.46. The summed E-state index contributed by atoms with van der Waals surface area (Å²) in [6, 6.07) is 0. The third-order valence-electron chi connectivity index (χ3n) is 4.42.